The number of halogens is 4. The van der Waals surface area contributed by atoms with Gasteiger partial charge in [0.2, 0.25) is 0 Å². The minimum Gasteiger partial charge on any atom is -0.373 e. The van der Waals surface area contributed by atoms with E-state index in [2.05, 4.69) is 27.6 Å². The molecule has 0 aliphatic carbocycles. The number of aromatic nitrogens is 3. The normalized spacial score (nSPS) is 20.0. The molecule has 3 aromatic rings. The Morgan fingerprint density at radius 2 is 2.11 bits per heavy atom. The van der Waals surface area contributed by atoms with Crippen LogP contribution < -0.4 is 10.6 Å². The van der Waals surface area contributed by atoms with Crippen LogP contribution in [0.3, 0.4) is 0 Å². The number of alkyl halides is 4. The van der Waals surface area contributed by atoms with Crippen LogP contribution in [0.15, 0.2) is 30.5 Å². The first-order valence-corrected chi connectivity index (χ1v) is 12.4. The van der Waals surface area contributed by atoms with E-state index in [-0.39, 0.29) is 35.8 Å². The van der Waals surface area contributed by atoms with Crippen LogP contribution in [-0.4, -0.2) is 76.7 Å². The summed E-state index contributed by atoms with van der Waals surface area (Å²) in [5, 5.41) is 10.1. The maximum absolute atomic E-state index is 14.6. The van der Waals surface area contributed by atoms with Gasteiger partial charge >= 0.3 is 6.18 Å². The van der Waals surface area contributed by atoms with Crippen molar-refractivity contribution in [1.29, 1.82) is 0 Å². The van der Waals surface area contributed by atoms with Gasteiger partial charge in [0.25, 0.3) is 5.91 Å². The molecule has 0 spiro atoms. The molecular formula is C26H28F4N6O2. The Labute approximate surface area is 216 Å². The number of nitrogens with one attached hydrogen (secondary N) is 2. The lowest BCUT2D eigenvalue weighted by atomic mass is 10.0. The summed E-state index contributed by atoms with van der Waals surface area (Å²) in [6, 6.07) is 6.02. The fourth-order valence-corrected chi connectivity index (χ4v) is 4.87. The average Bonchev–Trinajstić information content (AvgIpc) is 3.45. The van der Waals surface area contributed by atoms with Crippen LogP contribution >= 0.6 is 0 Å². The fourth-order valence-electron chi connectivity index (χ4n) is 4.87. The van der Waals surface area contributed by atoms with Gasteiger partial charge in [0.15, 0.2) is 0 Å². The Hall–Kier alpha value is -3.56. The molecule has 1 saturated heterocycles. The summed E-state index contributed by atoms with van der Waals surface area (Å²) in [5.74, 6) is 5.48. The lowest BCUT2D eigenvalue weighted by Gasteiger charge is -2.33. The van der Waals surface area contributed by atoms with E-state index in [1.807, 2.05) is 22.7 Å². The third kappa shape index (κ3) is 5.63. The van der Waals surface area contributed by atoms with Crippen LogP contribution in [0.25, 0.3) is 5.52 Å². The molecule has 38 heavy (non-hydrogen) atoms. The molecule has 0 radical (unpaired) electrons. The predicted octanol–water partition coefficient (Wildman–Crippen LogP) is 3.01. The first-order valence-electron chi connectivity index (χ1n) is 12.4. The van der Waals surface area contributed by atoms with Crippen molar-refractivity contribution in [3.63, 3.8) is 0 Å². The summed E-state index contributed by atoms with van der Waals surface area (Å²) in [5.41, 5.74) is 1.38. The van der Waals surface area contributed by atoms with E-state index in [1.165, 1.54) is 10.6 Å². The summed E-state index contributed by atoms with van der Waals surface area (Å²) in [6.07, 6.45) is -4.45. The number of pyridine rings is 1. The number of likely N-dealkylation sites (tertiary alicyclic amines) is 1. The molecule has 1 amide bonds. The molecule has 0 unspecified atom stereocenters. The average molecular weight is 533 g/mol. The molecule has 12 heteroatoms. The van der Waals surface area contributed by atoms with Crippen LogP contribution in [-0.2, 0) is 24.3 Å². The number of carbonyl (C=O) groups excluding carboxylic acids is 1. The summed E-state index contributed by atoms with van der Waals surface area (Å²) >= 11 is 0. The van der Waals surface area contributed by atoms with Crippen molar-refractivity contribution in [1.82, 2.24) is 24.4 Å². The van der Waals surface area contributed by atoms with Crippen molar-refractivity contribution in [2.75, 3.05) is 38.6 Å². The summed E-state index contributed by atoms with van der Waals surface area (Å²) < 4.78 is 63.7. The third-order valence-electron chi connectivity index (χ3n) is 6.80. The SMILES string of the molecule is CN1CC[C@@H](Nc2cccc3c(CC(F)(F)F)c(C#CCNC(=O)c4ccn5c4COCC5)nn23)[C@@H](F)C1. The highest BCUT2D eigenvalue weighted by Crippen LogP contribution is 2.28. The van der Waals surface area contributed by atoms with Crippen molar-refractivity contribution >= 4 is 17.2 Å². The standard InChI is InChI=1S/C26H28F4N6O2/c1-34-10-8-21(19(27)15-34)32-24-6-2-5-22-18(14-26(28,29)30)20(33-36(22)24)4-3-9-31-25(37)17-7-11-35-12-13-38-16-23(17)35/h2,5-7,11,19,21,32H,8-10,12-16H2,1H3,(H,31,37)/t19-,21+/m0/s1. The van der Waals surface area contributed by atoms with Gasteiger partial charge in [-0.2, -0.15) is 18.3 Å². The molecule has 2 aliphatic rings. The topological polar surface area (TPSA) is 75.8 Å². The van der Waals surface area contributed by atoms with Gasteiger partial charge in [-0.05, 0) is 37.6 Å². The molecule has 2 N–H and O–H groups in total. The molecule has 1 fully saturated rings. The highest BCUT2D eigenvalue weighted by molar-refractivity contribution is 5.95. The smallest absolute Gasteiger partial charge is 0.373 e. The van der Waals surface area contributed by atoms with Crippen LogP contribution in [0.4, 0.5) is 23.4 Å². The third-order valence-corrected chi connectivity index (χ3v) is 6.80. The molecule has 202 valence electrons. The molecule has 0 bridgehead atoms. The largest absolute Gasteiger partial charge is 0.393 e. The molecule has 3 aromatic heterocycles. The monoisotopic (exact) mass is 532 g/mol. The van der Waals surface area contributed by atoms with Crippen molar-refractivity contribution in [2.45, 2.75) is 44.4 Å². The van der Waals surface area contributed by atoms with Gasteiger partial charge in [-0.3, -0.25) is 4.79 Å². The number of hydrogen-bond acceptors (Lipinski definition) is 5. The second kappa shape index (κ2) is 10.7. The fraction of sp³-hybridized carbons (Fsp3) is 0.462. The van der Waals surface area contributed by atoms with Gasteiger partial charge in [0.05, 0.1) is 49.0 Å². The van der Waals surface area contributed by atoms with E-state index < -0.39 is 24.8 Å². The Morgan fingerprint density at radius 1 is 1.26 bits per heavy atom. The number of nitrogens with zero attached hydrogens (tertiary/aromatic N) is 4. The number of anilines is 1. The minimum atomic E-state index is -4.48. The van der Waals surface area contributed by atoms with Gasteiger partial charge in [0.1, 0.15) is 17.7 Å². The van der Waals surface area contributed by atoms with Gasteiger partial charge in [-0.1, -0.05) is 12.0 Å². The number of hydrogen-bond donors (Lipinski definition) is 2. The maximum Gasteiger partial charge on any atom is 0.393 e. The van der Waals surface area contributed by atoms with E-state index in [0.29, 0.717) is 44.1 Å². The van der Waals surface area contributed by atoms with Gasteiger partial charge in [0, 0.05) is 31.4 Å². The number of rotatable bonds is 5. The number of ether oxygens (including phenoxy) is 1. The second-order valence-electron chi connectivity index (χ2n) is 9.55. The van der Waals surface area contributed by atoms with E-state index >= 15 is 0 Å². The molecule has 2 atom stereocenters. The number of fused-ring (bicyclic) bond motifs is 2. The van der Waals surface area contributed by atoms with E-state index in [4.69, 9.17) is 4.74 Å². The van der Waals surface area contributed by atoms with Gasteiger partial charge in [-0.25, -0.2) is 8.91 Å². The van der Waals surface area contributed by atoms with Crippen molar-refractivity contribution in [3.8, 4) is 11.8 Å². The Bertz CT molecular complexity index is 1390. The molecule has 5 heterocycles. The van der Waals surface area contributed by atoms with Gasteiger partial charge in [-0.15, -0.1) is 0 Å². The first kappa shape index (κ1) is 26.1. The second-order valence-corrected chi connectivity index (χ2v) is 9.55. The molecule has 0 aromatic carbocycles. The Morgan fingerprint density at radius 3 is 2.89 bits per heavy atom. The highest BCUT2D eigenvalue weighted by atomic mass is 19.4. The number of piperidine rings is 1. The first-order chi connectivity index (χ1) is 18.2. The summed E-state index contributed by atoms with van der Waals surface area (Å²) in [4.78, 5) is 14.5. The van der Waals surface area contributed by atoms with Crippen molar-refractivity contribution in [2.24, 2.45) is 0 Å². The molecular weight excluding hydrogens is 504 g/mol. The van der Waals surface area contributed by atoms with Crippen LogP contribution in [0, 0.1) is 11.8 Å². The lowest BCUT2D eigenvalue weighted by molar-refractivity contribution is -0.127. The summed E-state index contributed by atoms with van der Waals surface area (Å²) in [6.45, 7) is 2.48. The Balaban J connectivity index is 1.37. The van der Waals surface area contributed by atoms with E-state index in [1.54, 1.807) is 18.2 Å². The predicted molar refractivity (Wildman–Crippen MR) is 133 cm³/mol. The number of carbonyl (C=O) groups is 1. The molecule has 5 rings (SSSR count). The van der Waals surface area contributed by atoms with Crippen LogP contribution in [0.2, 0.25) is 0 Å². The number of amides is 1. The maximum atomic E-state index is 14.6. The van der Waals surface area contributed by atoms with Crippen molar-refractivity contribution < 1.29 is 27.1 Å². The highest BCUT2D eigenvalue weighted by Gasteiger charge is 2.32. The quantitative estimate of drug-likeness (QED) is 0.391. The van der Waals surface area contributed by atoms with E-state index in [9.17, 15) is 22.4 Å². The zero-order chi connectivity index (χ0) is 26.9. The molecule has 2 aliphatic heterocycles. The van der Waals surface area contributed by atoms with Gasteiger partial charge < -0.3 is 24.8 Å². The zero-order valence-corrected chi connectivity index (χ0v) is 20.8. The minimum absolute atomic E-state index is 0.0411. The molecule has 0 saturated carbocycles. The summed E-state index contributed by atoms with van der Waals surface area (Å²) in [7, 11) is 1.84. The molecule has 8 nitrogen and oxygen atoms in total. The lowest BCUT2D eigenvalue weighted by Crippen LogP contribution is -2.46. The van der Waals surface area contributed by atoms with Crippen molar-refractivity contribution in [3.05, 3.63) is 53.0 Å². The van der Waals surface area contributed by atoms with Crippen LogP contribution in [0.5, 0.6) is 0 Å². The Kier molecular flexibility index (Phi) is 7.32. The van der Waals surface area contributed by atoms with Crippen LogP contribution in [0.1, 0.15) is 33.7 Å². The van der Waals surface area contributed by atoms with E-state index in [0.717, 1.165) is 5.69 Å². The zero-order valence-electron chi connectivity index (χ0n) is 20.8.